The van der Waals surface area contributed by atoms with Crippen molar-refractivity contribution in [3.8, 4) is 5.69 Å². The molecule has 0 bridgehead atoms. The van der Waals surface area contributed by atoms with E-state index in [0.29, 0.717) is 15.8 Å². The summed E-state index contributed by atoms with van der Waals surface area (Å²) in [5.41, 5.74) is 0.774. The summed E-state index contributed by atoms with van der Waals surface area (Å²) in [5, 5.41) is 8.92. The summed E-state index contributed by atoms with van der Waals surface area (Å²) in [6.45, 7) is 0. The molecule has 3 aromatic rings. The Morgan fingerprint density at radius 2 is 1.58 bits per heavy atom. The number of carbonyl (C=O) groups is 3. The van der Waals surface area contributed by atoms with Crippen molar-refractivity contribution in [3.63, 3.8) is 0 Å². The van der Waals surface area contributed by atoms with Gasteiger partial charge in [0.2, 0.25) is 0 Å². The lowest BCUT2D eigenvalue weighted by Crippen LogP contribution is -2.32. The standard InChI is InChI=1S/C17H9ClN4O4/c18-10-5-7-11(8-6-10)22-19-9-14(20-22)17(25)26-21-15(23)12-3-1-2-4-13(12)16(21)24/h1-9H. The molecule has 0 atom stereocenters. The molecule has 0 saturated heterocycles. The number of hydrogen-bond donors (Lipinski definition) is 0. The van der Waals surface area contributed by atoms with E-state index in [9.17, 15) is 14.4 Å². The molecule has 2 heterocycles. The Hall–Kier alpha value is -3.52. The highest BCUT2D eigenvalue weighted by atomic mass is 35.5. The number of amides is 2. The number of hydrogen-bond acceptors (Lipinski definition) is 6. The number of aromatic nitrogens is 3. The maximum atomic E-state index is 12.2. The molecule has 128 valence electrons. The van der Waals surface area contributed by atoms with Crippen LogP contribution in [0.1, 0.15) is 31.2 Å². The maximum absolute atomic E-state index is 12.2. The molecule has 9 heteroatoms. The SMILES string of the molecule is O=C(ON1C(=O)c2ccccc2C1=O)c1cnn(-c2ccc(Cl)cc2)n1. The molecule has 1 aliphatic heterocycles. The first-order chi connectivity index (χ1) is 12.5. The normalized spacial score (nSPS) is 13.0. The van der Waals surface area contributed by atoms with Gasteiger partial charge in [0.15, 0.2) is 5.69 Å². The molecule has 0 N–H and O–H groups in total. The average molecular weight is 369 g/mol. The molecule has 8 nitrogen and oxygen atoms in total. The van der Waals surface area contributed by atoms with Gasteiger partial charge in [-0.15, -0.1) is 5.10 Å². The van der Waals surface area contributed by atoms with Gasteiger partial charge in [0.1, 0.15) is 0 Å². The quantitative estimate of drug-likeness (QED) is 0.658. The van der Waals surface area contributed by atoms with Crippen molar-refractivity contribution in [2.24, 2.45) is 0 Å². The number of benzene rings is 2. The first-order valence-corrected chi connectivity index (χ1v) is 7.81. The lowest BCUT2D eigenvalue weighted by molar-refractivity contribution is -0.0588. The van der Waals surface area contributed by atoms with Gasteiger partial charge >= 0.3 is 5.97 Å². The van der Waals surface area contributed by atoms with E-state index >= 15 is 0 Å². The Morgan fingerprint density at radius 1 is 0.962 bits per heavy atom. The number of fused-ring (bicyclic) bond motifs is 1. The van der Waals surface area contributed by atoms with Crippen molar-refractivity contribution >= 4 is 29.4 Å². The average Bonchev–Trinajstić information content (AvgIpc) is 3.23. The van der Waals surface area contributed by atoms with Gasteiger partial charge in [0.25, 0.3) is 11.8 Å². The molecule has 0 radical (unpaired) electrons. The lowest BCUT2D eigenvalue weighted by Gasteiger charge is -2.11. The van der Waals surface area contributed by atoms with Crippen LogP contribution >= 0.6 is 11.6 Å². The van der Waals surface area contributed by atoms with Crippen LogP contribution in [0.5, 0.6) is 0 Å². The van der Waals surface area contributed by atoms with Crippen molar-refractivity contribution in [1.29, 1.82) is 0 Å². The van der Waals surface area contributed by atoms with Crippen LogP contribution in [0.2, 0.25) is 5.02 Å². The number of carbonyl (C=O) groups excluding carboxylic acids is 3. The number of hydroxylamine groups is 2. The van der Waals surface area contributed by atoms with Gasteiger partial charge in [0, 0.05) is 5.02 Å². The minimum atomic E-state index is -0.972. The summed E-state index contributed by atoms with van der Waals surface area (Å²) in [5.74, 6) is -2.38. The molecule has 1 aliphatic rings. The first kappa shape index (κ1) is 16.0. The van der Waals surface area contributed by atoms with Crippen LogP contribution in [0, 0.1) is 0 Å². The van der Waals surface area contributed by atoms with Crippen molar-refractivity contribution in [1.82, 2.24) is 20.1 Å². The maximum Gasteiger partial charge on any atom is 0.385 e. The van der Waals surface area contributed by atoms with E-state index in [2.05, 4.69) is 10.2 Å². The Labute approximate surface area is 151 Å². The zero-order chi connectivity index (χ0) is 18.3. The summed E-state index contributed by atoms with van der Waals surface area (Å²) in [6.07, 6.45) is 1.18. The van der Waals surface area contributed by atoms with Gasteiger partial charge < -0.3 is 4.84 Å². The number of halogens is 1. The first-order valence-electron chi connectivity index (χ1n) is 7.43. The molecule has 26 heavy (non-hydrogen) atoms. The van der Waals surface area contributed by atoms with Crippen molar-refractivity contribution in [2.75, 3.05) is 0 Å². The number of imide groups is 1. The molecule has 0 saturated carbocycles. The lowest BCUT2D eigenvalue weighted by atomic mass is 10.1. The molecular weight excluding hydrogens is 360 g/mol. The molecule has 0 spiro atoms. The number of nitrogens with zero attached hydrogens (tertiary/aromatic N) is 4. The minimum Gasteiger partial charge on any atom is -0.322 e. The van der Waals surface area contributed by atoms with Gasteiger partial charge in [-0.3, -0.25) is 9.59 Å². The van der Waals surface area contributed by atoms with Gasteiger partial charge in [-0.1, -0.05) is 28.8 Å². The Kier molecular flexibility index (Phi) is 3.74. The second kappa shape index (κ2) is 6.08. The fourth-order valence-electron chi connectivity index (χ4n) is 2.44. The Bertz CT molecular complexity index is 1010. The molecule has 4 rings (SSSR count). The van der Waals surface area contributed by atoms with E-state index in [1.807, 2.05) is 0 Å². The van der Waals surface area contributed by atoms with E-state index < -0.39 is 17.8 Å². The zero-order valence-corrected chi connectivity index (χ0v) is 13.8. The van der Waals surface area contributed by atoms with E-state index in [0.717, 1.165) is 0 Å². The molecule has 0 fully saturated rings. The highest BCUT2D eigenvalue weighted by molar-refractivity contribution is 6.30. The van der Waals surface area contributed by atoms with E-state index in [-0.39, 0.29) is 16.8 Å². The summed E-state index contributed by atoms with van der Waals surface area (Å²) in [6, 6.07) is 12.8. The van der Waals surface area contributed by atoms with E-state index in [1.54, 1.807) is 36.4 Å². The van der Waals surface area contributed by atoms with Gasteiger partial charge in [0.05, 0.1) is 23.0 Å². The molecule has 0 unspecified atom stereocenters. The van der Waals surface area contributed by atoms with Crippen LogP contribution in [0.15, 0.2) is 54.7 Å². The van der Waals surface area contributed by atoms with Crippen LogP contribution in [-0.2, 0) is 4.84 Å². The zero-order valence-electron chi connectivity index (χ0n) is 13.0. The highest BCUT2D eigenvalue weighted by Gasteiger charge is 2.39. The Morgan fingerprint density at radius 3 is 2.19 bits per heavy atom. The predicted molar refractivity (Wildman–Crippen MR) is 88.7 cm³/mol. The predicted octanol–water partition coefficient (Wildman–Crippen LogP) is 2.29. The number of rotatable bonds is 3. The monoisotopic (exact) mass is 368 g/mol. The van der Waals surface area contributed by atoms with Crippen molar-refractivity contribution in [3.05, 3.63) is 76.6 Å². The molecule has 1 aromatic heterocycles. The summed E-state index contributed by atoms with van der Waals surface area (Å²) in [7, 11) is 0. The van der Waals surface area contributed by atoms with Crippen LogP contribution in [0.3, 0.4) is 0 Å². The van der Waals surface area contributed by atoms with Crippen LogP contribution in [0.4, 0.5) is 0 Å². The van der Waals surface area contributed by atoms with Crippen LogP contribution in [0.25, 0.3) is 5.69 Å². The third-order valence-corrected chi connectivity index (χ3v) is 3.94. The topological polar surface area (TPSA) is 94.4 Å². The van der Waals surface area contributed by atoms with Gasteiger partial charge in [-0.2, -0.15) is 9.90 Å². The highest BCUT2D eigenvalue weighted by Crippen LogP contribution is 2.23. The molecular formula is C17H9ClN4O4. The molecule has 2 aromatic carbocycles. The minimum absolute atomic E-state index is 0.156. The van der Waals surface area contributed by atoms with Crippen molar-refractivity contribution < 1.29 is 19.2 Å². The Balaban J connectivity index is 1.54. The van der Waals surface area contributed by atoms with E-state index in [4.69, 9.17) is 16.4 Å². The van der Waals surface area contributed by atoms with Crippen LogP contribution < -0.4 is 0 Å². The van der Waals surface area contributed by atoms with E-state index in [1.165, 1.54) is 23.1 Å². The summed E-state index contributed by atoms with van der Waals surface area (Å²) in [4.78, 5) is 42.8. The summed E-state index contributed by atoms with van der Waals surface area (Å²) < 4.78 is 0. The largest absolute Gasteiger partial charge is 0.385 e. The van der Waals surface area contributed by atoms with Crippen molar-refractivity contribution in [2.45, 2.75) is 0 Å². The second-order valence-electron chi connectivity index (χ2n) is 5.32. The molecule has 2 amide bonds. The van der Waals surface area contributed by atoms with Gasteiger partial charge in [-0.25, -0.2) is 4.79 Å². The fourth-order valence-corrected chi connectivity index (χ4v) is 2.56. The fraction of sp³-hybridized carbons (Fsp3) is 0. The molecule has 0 aliphatic carbocycles. The summed E-state index contributed by atoms with van der Waals surface area (Å²) >= 11 is 5.82. The van der Waals surface area contributed by atoms with Gasteiger partial charge in [-0.05, 0) is 36.4 Å². The third kappa shape index (κ3) is 2.62. The third-order valence-electron chi connectivity index (χ3n) is 3.69. The smallest absolute Gasteiger partial charge is 0.322 e. The van der Waals surface area contributed by atoms with Crippen LogP contribution in [-0.4, -0.2) is 37.8 Å². The second-order valence-corrected chi connectivity index (χ2v) is 5.76.